The summed E-state index contributed by atoms with van der Waals surface area (Å²) in [6.45, 7) is -0.441. The summed E-state index contributed by atoms with van der Waals surface area (Å²) in [6, 6.07) is 7.10. The number of urea groups is 1. The summed E-state index contributed by atoms with van der Waals surface area (Å²) in [6.07, 6.45) is 1.38. The maximum atomic E-state index is 14.8. The molecule has 0 aliphatic heterocycles. The highest BCUT2D eigenvalue weighted by molar-refractivity contribution is 6.02. The predicted octanol–water partition coefficient (Wildman–Crippen LogP) is 5.38. The Hall–Kier alpha value is -4.81. The fraction of sp³-hybridized carbons (Fsp3) is 0.192. The van der Waals surface area contributed by atoms with Crippen LogP contribution in [0.25, 0.3) is 11.3 Å². The van der Waals surface area contributed by atoms with E-state index in [1.54, 1.807) is 28.2 Å². The van der Waals surface area contributed by atoms with Crippen LogP contribution < -0.4 is 4.90 Å². The van der Waals surface area contributed by atoms with Crippen LogP contribution in [0.5, 0.6) is 0 Å². The van der Waals surface area contributed by atoms with Gasteiger partial charge in [-0.2, -0.15) is 9.98 Å². The molecule has 2 aromatic carbocycles. The lowest BCUT2D eigenvalue weighted by Crippen LogP contribution is -2.27. The minimum atomic E-state index is -1.11. The van der Waals surface area contributed by atoms with E-state index in [0.717, 1.165) is 36.7 Å². The highest BCUT2D eigenvalue weighted by Gasteiger charge is 2.27. The Bertz CT molecular complexity index is 1410. The summed E-state index contributed by atoms with van der Waals surface area (Å²) in [5.74, 6) is -4.38. The zero-order chi connectivity index (χ0) is 28.7. The Labute approximate surface area is 221 Å². The third-order valence-corrected chi connectivity index (χ3v) is 4.88. The number of anilines is 2. The molecule has 204 valence electrons. The number of carbonyl (C=O) groups is 2. The Morgan fingerprint density at radius 1 is 0.872 bits per heavy atom. The van der Waals surface area contributed by atoms with Crippen LogP contribution in [0.1, 0.15) is 5.56 Å². The van der Waals surface area contributed by atoms with Gasteiger partial charge in [-0.3, -0.25) is 0 Å². The van der Waals surface area contributed by atoms with Gasteiger partial charge in [-0.25, -0.2) is 37.0 Å². The molecule has 9 nitrogen and oxygen atoms in total. The van der Waals surface area contributed by atoms with Crippen LogP contribution in [0.3, 0.4) is 0 Å². The van der Waals surface area contributed by atoms with Gasteiger partial charge in [0, 0.05) is 45.4 Å². The van der Waals surface area contributed by atoms with E-state index in [9.17, 15) is 27.2 Å². The van der Waals surface area contributed by atoms with Crippen LogP contribution in [0.2, 0.25) is 0 Å². The second-order valence-corrected chi connectivity index (χ2v) is 8.46. The topological polar surface area (TPSA) is 90.7 Å². The van der Waals surface area contributed by atoms with Crippen molar-refractivity contribution in [3.8, 4) is 11.3 Å². The van der Waals surface area contributed by atoms with Crippen molar-refractivity contribution in [2.75, 3.05) is 33.1 Å². The first-order valence-electron chi connectivity index (χ1n) is 11.3. The molecule has 0 saturated heterocycles. The number of halogens is 4. The number of carbonyl (C=O) groups excluding carboxylic acids is 2. The molecule has 39 heavy (non-hydrogen) atoms. The van der Waals surface area contributed by atoms with E-state index in [4.69, 9.17) is 4.74 Å². The van der Waals surface area contributed by atoms with E-state index in [2.05, 4.69) is 15.0 Å². The lowest BCUT2D eigenvalue weighted by molar-refractivity contribution is 0.151. The van der Waals surface area contributed by atoms with Crippen molar-refractivity contribution >= 4 is 36.3 Å². The van der Waals surface area contributed by atoms with Gasteiger partial charge in [0.15, 0.2) is 0 Å². The van der Waals surface area contributed by atoms with Crippen LogP contribution in [0.15, 0.2) is 58.5 Å². The average Bonchev–Trinajstić information content (AvgIpc) is 2.87. The van der Waals surface area contributed by atoms with Gasteiger partial charge in [-0.1, -0.05) is 6.07 Å². The van der Waals surface area contributed by atoms with Crippen molar-refractivity contribution in [2.45, 2.75) is 6.61 Å². The third-order valence-electron chi connectivity index (χ3n) is 4.88. The van der Waals surface area contributed by atoms with Gasteiger partial charge in [-0.15, -0.1) is 0 Å². The van der Waals surface area contributed by atoms with Crippen LogP contribution in [-0.2, 0) is 11.3 Å². The van der Waals surface area contributed by atoms with Gasteiger partial charge >= 0.3 is 12.1 Å². The van der Waals surface area contributed by atoms with Crippen LogP contribution in [0.4, 0.5) is 38.7 Å². The van der Waals surface area contributed by atoms with Gasteiger partial charge in [-0.05, 0) is 36.4 Å². The number of rotatable bonds is 7. The number of hydrogen-bond acceptors (Lipinski definition) is 4. The summed E-state index contributed by atoms with van der Waals surface area (Å²) < 4.78 is 63.2. The van der Waals surface area contributed by atoms with Gasteiger partial charge in [0.25, 0.3) is 0 Å². The molecular weight excluding hydrogens is 520 g/mol. The van der Waals surface area contributed by atoms with Gasteiger partial charge < -0.3 is 14.5 Å². The number of hydrogen-bond donors (Lipinski definition) is 0. The summed E-state index contributed by atoms with van der Waals surface area (Å²) in [5.41, 5.74) is -1.04. The molecule has 0 N–H and O–H groups in total. The number of benzene rings is 2. The van der Waals surface area contributed by atoms with Crippen molar-refractivity contribution in [2.24, 2.45) is 9.98 Å². The van der Waals surface area contributed by atoms with Crippen LogP contribution in [0, 0.1) is 23.3 Å². The fourth-order valence-corrected chi connectivity index (χ4v) is 3.21. The molecular formula is C26H24F4N6O3. The molecule has 1 aromatic heterocycles. The second kappa shape index (κ2) is 12.6. The highest BCUT2D eigenvalue weighted by atomic mass is 19.1. The lowest BCUT2D eigenvalue weighted by atomic mass is 10.1. The molecule has 3 rings (SSSR count). The summed E-state index contributed by atoms with van der Waals surface area (Å²) in [4.78, 5) is 40.1. The van der Waals surface area contributed by atoms with Crippen molar-refractivity contribution in [3.63, 3.8) is 0 Å². The summed E-state index contributed by atoms with van der Waals surface area (Å²) >= 11 is 0. The Morgan fingerprint density at radius 2 is 1.51 bits per heavy atom. The molecule has 3 amide bonds. The molecule has 0 aliphatic rings. The Kier molecular flexibility index (Phi) is 9.31. The van der Waals surface area contributed by atoms with Gasteiger partial charge in [0.2, 0.25) is 0 Å². The molecule has 0 atom stereocenters. The molecule has 0 aliphatic carbocycles. The van der Waals surface area contributed by atoms with Gasteiger partial charge in [0.05, 0.1) is 18.4 Å². The van der Waals surface area contributed by atoms with E-state index in [1.165, 1.54) is 28.3 Å². The first kappa shape index (κ1) is 28.8. The van der Waals surface area contributed by atoms with Crippen molar-refractivity contribution in [3.05, 3.63) is 77.4 Å². The molecule has 0 radical (unpaired) electrons. The average molecular weight is 545 g/mol. The summed E-state index contributed by atoms with van der Waals surface area (Å²) in [7, 11) is 6.44. The molecule has 0 unspecified atom stereocenters. The van der Waals surface area contributed by atoms with E-state index in [-0.39, 0.29) is 22.6 Å². The van der Waals surface area contributed by atoms with Crippen molar-refractivity contribution < 1.29 is 31.9 Å². The smallest absolute Gasteiger partial charge is 0.435 e. The molecule has 1 heterocycles. The monoisotopic (exact) mass is 544 g/mol. The third kappa shape index (κ3) is 7.37. The van der Waals surface area contributed by atoms with Crippen LogP contribution in [-0.4, -0.2) is 67.8 Å². The van der Waals surface area contributed by atoms with Crippen molar-refractivity contribution in [1.29, 1.82) is 0 Å². The Balaban J connectivity index is 2.17. The molecule has 0 saturated carbocycles. The number of aromatic nitrogens is 1. The lowest BCUT2D eigenvalue weighted by Gasteiger charge is -2.22. The molecule has 0 bridgehead atoms. The molecule has 0 spiro atoms. The fourth-order valence-electron chi connectivity index (χ4n) is 3.21. The van der Waals surface area contributed by atoms with Crippen LogP contribution >= 0.6 is 0 Å². The number of nitrogens with zero attached hydrogens (tertiary/aromatic N) is 6. The van der Waals surface area contributed by atoms with Gasteiger partial charge in [0.1, 0.15) is 41.4 Å². The minimum absolute atomic E-state index is 0.135. The molecule has 13 heteroatoms. The molecule has 3 aromatic rings. The number of amides is 3. The van der Waals surface area contributed by atoms with Crippen molar-refractivity contribution in [1.82, 2.24) is 14.8 Å². The van der Waals surface area contributed by atoms with E-state index in [0.29, 0.717) is 11.0 Å². The molecule has 0 fully saturated rings. The predicted molar refractivity (Wildman–Crippen MR) is 138 cm³/mol. The first-order valence-corrected chi connectivity index (χ1v) is 11.3. The standard InChI is InChI=1S/C26H24F4N6O3/c1-34(2)14-31-25(37)36(24-19(28)6-5-7-20(24)29)22-11-8-16(13-39-26(38)32-15-35(3)4)23(33-22)18-10-9-17(27)12-21(18)30/h5-12,14-15H,13H2,1-4H3/b31-14+,32-15+. The number of pyridine rings is 1. The normalized spacial score (nSPS) is 11.2. The second-order valence-electron chi connectivity index (χ2n) is 8.46. The quantitative estimate of drug-likeness (QED) is 0.225. The highest BCUT2D eigenvalue weighted by Crippen LogP contribution is 2.34. The number of para-hydroxylation sites is 1. The number of ether oxygens (including phenoxy) is 1. The van der Waals surface area contributed by atoms with E-state index in [1.807, 2.05) is 0 Å². The maximum absolute atomic E-state index is 14.8. The SMILES string of the molecule is CN(C)/C=N/C(=O)OCc1ccc(N(C(=O)/N=C/N(C)C)c2c(F)cccc2F)nc1-c1ccc(F)cc1F. The first-order chi connectivity index (χ1) is 18.5. The number of aliphatic imine (C=N–C) groups is 2. The summed E-state index contributed by atoms with van der Waals surface area (Å²) in [5, 5.41) is 0. The minimum Gasteiger partial charge on any atom is -0.443 e. The maximum Gasteiger partial charge on any atom is 0.435 e. The van der Waals surface area contributed by atoms with E-state index >= 15 is 0 Å². The van der Waals surface area contributed by atoms with E-state index < -0.39 is 47.7 Å². The zero-order valence-electron chi connectivity index (χ0n) is 21.4. The zero-order valence-corrected chi connectivity index (χ0v) is 21.4. The Morgan fingerprint density at radius 3 is 2.13 bits per heavy atom. The largest absolute Gasteiger partial charge is 0.443 e.